The minimum absolute atomic E-state index is 0.0211. The largest absolute Gasteiger partial charge is 0.475 e. The fourth-order valence-electron chi connectivity index (χ4n) is 1.24. The van der Waals surface area contributed by atoms with Gasteiger partial charge in [0.2, 0.25) is 0 Å². The van der Waals surface area contributed by atoms with Crippen molar-refractivity contribution in [3.8, 4) is 0 Å². The van der Waals surface area contributed by atoms with E-state index < -0.39 is 22.3 Å². The maximum Gasteiger partial charge on any atom is 0.475 e. The summed E-state index contributed by atoms with van der Waals surface area (Å²) >= 11 is 0. The SMILES string of the molecule is CCOC(=O)Cc1ccc(S(=O)C(F)(F)F)cc1. The van der Waals surface area contributed by atoms with Crippen LogP contribution in [0, 0.1) is 0 Å². The lowest BCUT2D eigenvalue weighted by Crippen LogP contribution is -2.16. The number of ether oxygens (including phenoxy) is 1. The molecular formula is C11H11F3O3S. The molecule has 100 valence electrons. The molecule has 0 saturated heterocycles. The van der Waals surface area contributed by atoms with Crippen LogP contribution in [0.3, 0.4) is 0 Å². The molecular weight excluding hydrogens is 269 g/mol. The molecule has 0 aliphatic carbocycles. The Morgan fingerprint density at radius 3 is 2.28 bits per heavy atom. The van der Waals surface area contributed by atoms with E-state index in [1.165, 1.54) is 12.1 Å². The maximum atomic E-state index is 12.2. The minimum atomic E-state index is -4.78. The highest BCUT2D eigenvalue weighted by molar-refractivity contribution is 7.86. The molecule has 0 radical (unpaired) electrons. The van der Waals surface area contributed by atoms with Crippen molar-refractivity contribution >= 4 is 16.8 Å². The van der Waals surface area contributed by atoms with E-state index in [1.807, 2.05) is 0 Å². The van der Waals surface area contributed by atoms with E-state index in [4.69, 9.17) is 4.74 Å². The van der Waals surface area contributed by atoms with Gasteiger partial charge >= 0.3 is 11.5 Å². The molecule has 1 aromatic rings. The first-order chi connectivity index (χ1) is 8.34. The van der Waals surface area contributed by atoms with Gasteiger partial charge in [-0.2, -0.15) is 13.2 Å². The van der Waals surface area contributed by atoms with Crippen molar-refractivity contribution in [1.29, 1.82) is 0 Å². The first-order valence-electron chi connectivity index (χ1n) is 5.07. The Morgan fingerprint density at radius 2 is 1.83 bits per heavy atom. The van der Waals surface area contributed by atoms with E-state index in [-0.39, 0.29) is 17.9 Å². The molecule has 0 amide bonds. The first kappa shape index (κ1) is 14.7. The van der Waals surface area contributed by atoms with Crippen molar-refractivity contribution in [2.24, 2.45) is 0 Å². The van der Waals surface area contributed by atoms with Crippen LogP contribution >= 0.6 is 0 Å². The van der Waals surface area contributed by atoms with Gasteiger partial charge < -0.3 is 4.74 Å². The molecule has 1 unspecified atom stereocenters. The number of hydrogen-bond donors (Lipinski definition) is 0. The van der Waals surface area contributed by atoms with Crippen LogP contribution in [0.4, 0.5) is 13.2 Å². The van der Waals surface area contributed by atoms with E-state index in [0.29, 0.717) is 5.56 Å². The third-order valence-electron chi connectivity index (χ3n) is 2.00. The van der Waals surface area contributed by atoms with Gasteiger partial charge in [0.1, 0.15) is 0 Å². The van der Waals surface area contributed by atoms with E-state index in [2.05, 4.69) is 0 Å². The second-order valence-electron chi connectivity index (χ2n) is 3.34. The Bertz CT molecular complexity index is 440. The van der Waals surface area contributed by atoms with Crippen molar-refractivity contribution in [2.75, 3.05) is 6.61 Å². The molecule has 0 heterocycles. The molecule has 0 saturated carbocycles. The summed E-state index contributed by atoms with van der Waals surface area (Å²) < 4.78 is 52.2. The number of carbonyl (C=O) groups excluding carboxylic acids is 1. The first-order valence-corrected chi connectivity index (χ1v) is 6.22. The predicted molar refractivity (Wildman–Crippen MR) is 59.2 cm³/mol. The Labute approximate surface area is 104 Å². The van der Waals surface area contributed by atoms with E-state index in [1.54, 1.807) is 6.92 Å². The van der Waals surface area contributed by atoms with Crippen LogP contribution in [0.5, 0.6) is 0 Å². The highest BCUT2D eigenvalue weighted by atomic mass is 32.2. The van der Waals surface area contributed by atoms with E-state index in [9.17, 15) is 22.2 Å². The van der Waals surface area contributed by atoms with E-state index >= 15 is 0 Å². The van der Waals surface area contributed by atoms with Gasteiger partial charge in [0.05, 0.1) is 13.0 Å². The maximum absolute atomic E-state index is 12.2. The molecule has 0 fully saturated rings. The topological polar surface area (TPSA) is 43.4 Å². The molecule has 0 aliphatic rings. The Hall–Kier alpha value is -1.37. The van der Waals surface area contributed by atoms with Gasteiger partial charge in [0, 0.05) is 4.90 Å². The fourth-order valence-corrected chi connectivity index (χ4v) is 1.89. The summed E-state index contributed by atoms with van der Waals surface area (Å²) in [4.78, 5) is 10.8. The van der Waals surface area contributed by atoms with Crippen LogP contribution in [0.2, 0.25) is 0 Å². The Kier molecular flexibility index (Phi) is 4.89. The lowest BCUT2D eigenvalue weighted by atomic mass is 10.1. The van der Waals surface area contributed by atoms with Gasteiger partial charge in [-0.05, 0) is 24.6 Å². The highest BCUT2D eigenvalue weighted by Crippen LogP contribution is 2.26. The van der Waals surface area contributed by atoms with Crippen molar-refractivity contribution in [1.82, 2.24) is 0 Å². The lowest BCUT2D eigenvalue weighted by Gasteiger charge is -2.07. The smallest absolute Gasteiger partial charge is 0.466 e. The molecule has 1 atom stereocenters. The average molecular weight is 280 g/mol. The van der Waals surface area contributed by atoms with Crippen LogP contribution < -0.4 is 0 Å². The Morgan fingerprint density at radius 1 is 1.28 bits per heavy atom. The van der Waals surface area contributed by atoms with E-state index in [0.717, 1.165) is 12.1 Å². The highest BCUT2D eigenvalue weighted by Gasteiger charge is 2.37. The summed E-state index contributed by atoms with van der Waals surface area (Å²) in [6, 6.07) is 4.85. The van der Waals surface area contributed by atoms with Crippen LogP contribution in [0.25, 0.3) is 0 Å². The van der Waals surface area contributed by atoms with Crippen molar-refractivity contribution < 1.29 is 26.9 Å². The van der Waals surface area contributed by atoms with Gasteiger partial charge in [0.15, 0.2) is 10.8 Å². The zero-order valence-corrected chi connectivity index (χ0v) is 10.3. The number of rotatable bonds is 4. The van der Waals surface area contributed by atoms with Crippen molar-refractivity contribution in [2.45, 2.75) is 23.7 Å². The summed E-state index contributed by atoms with van der Waals surface area (Å²) in [6.45, 7) is 1.91. The summed E-state index contributed by atoms with van der Waals surface area (Å²) in [5.41, 5.74) is -4.26. The summed E-state index contributed by atoms with van der Waals surface area (Å²) in [5.74, 6) is -0.456. The quantitative estimate of drug-likeness (QED) is 0.795. The van der Waals surface area contributed by atoms with Crippen LogP contribution in [-0.4, -0.2) is 22.3 Å². The van der Waals surface area contributed by atoms with Crippen LogP contribution in [0.15, 0.2) is 29.2 Å². The number of hydrogen-bond acceptors (Lipinski definition) is 3. The zero-order chi connectivity index (χ0) is 13.8. The van der Waals surface area contributed by atoms with Gasteiger partial charge in [-0.1, -0.05) is 12.1 Å². The number of alkyl halides is 3. The normalized spacial score (nSPS) is 13.1. The summed E-state index contributed by atoms with van der Waals surface area (Å²) in [7, 11) is -3.04. The number of benzene rings is 1. The van der Waals surface area contributed by atoms with Crippen molar-refractivity contribution in [3.63, 3.8) is 0 Å². The second-order valence-corrected chi connectivity index (χ2v) is 4.81. The number of carbonyl (C=O) groups is 1. The molecule has 0 aromatic heterocycles. The van der Waals surface area contributed by atoms with Gasteiger partial charge in [-0.15, -0.1) is 0 Å². The summed E-state index contributed by atoms with van der Waals surface area (Å²) in [5, 5.41) is 0. The molecule has 1 rings (SSSR count). The molecule has 0 bridgehead atoms. The molecule has 18 heavy (non-hydrogen) atoms. The van der Waals surface area contributed by atoms with Crippen LogP contribution in [0.1, 0.15) is 12.5 Å². The monoisotopic (exact) mass is 280 g/mol. The van der Waals surface area contributed by atoms with Crippen molar-refractivity contribution in [3.05, 3.63) is 29.8 Å². The summed E-state index contributed by atoms with van der Waals surface area (Å²) in [6.07, 6.45) is -0.0211. The molecule has 1 aromatic carbocycles. The molecule has 0 N–H and O–H groups in total. The standard InChI is InChI=1S/C11H11F3O3S/c1-2-17-10(15)7-8-3-5-9(6-4-8)18(16)11(12,13)14/h3-6H,2,7H2,1H3. The minimum Gasteiger partial charge on any atom is -0.466 e. The van der Waals surface area contributed by atoms with Gasteiger partial charge in [0.25, 0.3) is 0 Å². The third kappa shape index (κ3) is 4.14. The second kappa shape index (κ2) is 5.99. The predicted octanol–water partition coefficient (Wildman–Crippen LogP) is 2.42. The van der Waals surface area contributed by atoms with Crippen LogP contribution in [-0.2, 0) is 26.8 Å². The molecule has 0 spiro atoms. The van der Waals surface area contributed by atoms with Gasteiger partial charge in [-0.25, -0.2) is 4.21 Å². The van der Waals surface area contributed by atoms with Gasteiger partial charge in [-0.3, -0.25) is 4.79 Å². The number of esters is 1. The third-order valence-corrected chi connectivity index (χ3v) is 3.12. The molecule has 3 nitrogen and oxygen atoms in total. The average Bonchev–Trinajstić information content (AvgIpc) is 2.28. The zero-order valence-electron chi connectivity index (χ0n) is 9.49. The fraction of sp³-hybridized carbons (Fsp3) is 0.364. The Balaban J connectivity index is 2.75. The number of halogens is 3. The lowest BCUT2D eigenvalue weighted by molar-refractivity contribution is -0.142. The molecule has 7 heteroatoms. The molecule has 0 aliphatic heterocycles.